The summed E-state index contributed by atoms with van der Waals surface area (Å²) in [5, 5.41) is 9.13. The van der Waals surface area contributed by atoms with Crippen molar-refractivity contribution in [2.24, 2.45) is 0 Å². The molecule has 1 fully saturated rings. The van der Waals surface area contributed by atoms with Crippen LogP contribution >= 0.6 is 23.2 Å². The van der Waals surface area contributed by atoms with Crippen molar-refractivity contribution in [1.82, 2.24) is 4.90 Å². The Bertz CT molecular complexity index is 821. The number of nitrogens with two attached hydrogens (primary N) is 2. The minimum Gasteiger partial charge on any atom is -0.478 e. The summed E-state index contributed by atoms with van der Waals surface area (Å²) in [6, 6.07) is 9.29. The van der Waals surface area contributed by atoms with Crippen LogP contribution in [0.15, 0.2) is 36.4 Å². The van der Waals surface area contributed by atoms with E-state index in [2.05, 4.69) is 0 Å². The molecule has 0 bridgehead atoms. The molecular weight excluding hydrogens is 377 g/mol. The SMILES string of the molecule is Nc1ccc(C(=O)N2CCCC2)c(Cl)c1.Nc1ccc(C(=O)O)c(Cl)c1. The number of halogens is 2. The van der Waals surface area contributed by atoms with Crippen molar-refractivity contribution in [3.8, 4) is 0 Å². The molecule has 0 spiro atoms. The van der Waals surface area contributed by atoms with Crippen molar-refractivity contribution in [3.63, 3.8) is 0 Å². The molecule has 5 N–H and O–H groups in total. The smallest absolute Gasteiger partial charge is 0.337 e. The average Bonchev–Trinajstić information content (AvgIpc) is 3.09. The summed E-state index contributed by atoms with van der Waals surface area (Å²) in [6.45, 7) is 1.67. The number of nitrogens with zero attached hydrogens (tertiary/aromatic N) is 1. The van der Waals surface area contributed by atoms with Gasteiger partial charge in [0.1, 0.15) is 0 Å². The van der Waals surface area contributed by atoms with Crippen molar-refractivity contribution >= 4 is 46.5 Å². The molecule has 138 valence electrons. The van der Waals surface area contributed by atoms with Crippen LogP contribution in [-0.2, 0) is 0 Å². The predicted octanol–water partition coefficient (Wildman–Crippen LogP) is 3.78. The minimum absolute atomic E-state index is 0.0116. The summed E-state index contributed by atoms with van der Waals surface area (Å²) in [7, 11) is 0. The zero-order valence-electron chi connectivity index (χ0n) is 13.9. The summed E-state index contributed by atoms with van der Waals surface area (Å²) in [6.07, 6.45) is 2.16. The second-order valence-corrected chi connectivity index (χ2v) is 6.60. The molecule has 6 nitrogen and oxygen atoms in total. The maximum atomic E-state index is 12.0. The molecule has 0 atom stereocenters. The highest BCUT2D eigenvalue weighted by molar-refractivity contribution is 6.34. The van der Waals surface area contributed by atoms with Gasteiger partial charge in [0.25, 0.3) is 5.91 Å². The summed E-state index contributed by atoms with van der Waals surface area (Å²) >= 11 is 11.5. The molecule has 0 radical (unpaired) electrons. The van der Waals surface area contributed by atoms with E-state index < -0.39 is 5.97 Å². The van der Waals surface area contributed by atoms with Crippen LogP contribution in [0.25, 0.3) is 0 Å². The van der Waals surface area contributed by atoms with Gasteiger partial charge in [-0.3, -0.25) is 4.79 Å². The van der Waals surface area contributed by atoms with Gasteiger partial charge in [0.05, 0.1) is 21.2 Å². The zero-order valence-corrected chi connectivity index (χ0v) is 15.4. The van der Waals surface area contributed by atoms with Gasteiger partial charge < -0.3 is 21.5 Å². The first-order valence-corrected chi connectivity index (χ1v) is 8.68. The first-order valence-electron chi connectivity index (χ1n) is 7.92. The lowest BCUT2D eigenvalue weighted by Crippen LogP contribution is -2.27. The average molecular weight is 396 g/mol. The summed E-state index contributed by atoms with van der Waals surface area (Å²) in [5.41, 5.74) is 12.6. The Balaban J connectivity index is 0.000000197. The highest BCUT2D eigenvalue weighted by atomic mass is 35.5. The maximum absolute atomic E-state index is 12.0. The van der Waals surface area contributed by atoms with Crippen LogP contribution in [0.3, 0.4) is 0 Å². The fraction of sp³-hybridized carbons (Fsp3) is 0.222. The molecule has 1 amide bonds. The zero-order chi connectivity index (χ0) is 19.3. The second-order valence-electron chi connectivity index (χ2n) is 5.78. The van der Waals surface area contributed by atoms with Gasteiger partial charge in [-0.1, -0.05) is 23.2 Å². The topological polar surface area (TPSA) is 110 Å². The lowest BCUT2D eigenvalue weighted by Gasteiger charge is -2.16. The van der Waals surface area contributed by atoms with Gasteiger partial charge in [0.15, 0.2) is 0 Å². The number of carbonyl (C=O) groups is 2. The number of hydrogen-bond donors (Lipinski definition) is 3. The van der Waals surface area contributed by atoms with E-state index in [1.165, 1.54) is 18.2 Å². The molecule has 0 unspecified atom stereocenters. The number of likely N-dealkylation sites (tertiary alicyclic amines) is 1. The minimum atomic E-state index is -1.05. The normalized spacial score (nSPS) is 13.1. The van der Waals surface area contributed by atoms with E-state index in [0.29, 0.717) is 22.0 Å². The van der Waals surface area contributed by atoms with E-state index in [4.69, 9.17) is 39.8 Å². The lowest BCUT2D eigenvalue weighted by molar-refractivity contribution is 0.0696. The molecule has 3 rings (SSSR count). The number of anilines is 2. The molecule has 2 aromatic carbocycles. The van der Waals surface area contributed by atoms with E-state index in [9.17, 15) is 9.59 Å². The standard InChI is InChI=1S/C11H13ClN2O.C7H6ClNO2/c12-10-7-8(13)3-4-9(10)11(15)14-5-1-2-6-14;8-6-3-4(9)1-2-5(6)7(10)11/h3-4,7H,1-2,5-6,13H2;1-3H,9H2,(H,10,11). The first kappa shape index (κ1) is 19.9. The monoisotopic (exact) mass is 395 g/mol. The van der Waals surface area contributed by atoms with E-state index in [1.807, 2.05) is 4.90 Å². The van der Waals surface area contributed by atoms with Crippen LogP contribution in [0.1, 0.15) is 33.6 Å². The highest BCUT2D eigenvalue weighted by Gasteiger charge is 2.21. The Kier molecular flexibility index (Phi) is 6.71. The first-order chi connectivity index (χ1) is 12.3. The maximum Gasteiger partial charge on any atom is 0.337 e. The number of aromatic carboxylic acids is 1. The van der Waals surface area contributed by atoms with Gasteiger partial charge in [-0.05, 0) is 49.2 Å². The second kappa shape index (κ2) is 8.78. The fourth-order valence-corrected chi connectivity index (χ4v) is 3.04. The lowest BCUT2D eigenvalue weighted by atomic mass is 10.2. The van der Waals surface area contributed by atoms with Gasteiger partial charge in [0, 0.05) is 24.5 Å². The van der Waals surface area contributed by atoms with Gasteiger partial charge in [0.2, 0.25) is 0 Å². The molecule has 1 aliphatic rings. The molecule has 0 saturated carbocycles. The van der Waals surface area contributed by atoms with E-state index in [-0.39, 0.29) is 16.5 Å². The molecule has 1 aliphatic heterocycles. The molecule has 8 heteroatoms. The Labute approximate surface area is 161 Å². The predicted molar refractivity (Wildman–Crippen MR) is 104 cm³/mol. The Morgan fingerprint density at radius 3 is 1.77 bits per heavy atom. The van der Waals surface area contributed by atoms with Crippen LogP contribution in [0, 0.1) is 0 Å². The molecule has 0 aromatic heterocycles. The van der Waals surface area contributed by atoms with Crippen molar-refractivity contribution < 1.29 is 14.7 Å². The molecular formula is C18H19Cl2N3O3. The Morgan fingerprint density at radius 2 is 1.35 bits per heavy atom. The largest absolute Gasteiger partial charge is 0.478 e. The molecule has 1 saturated heterocycles. The number of hydrogen-bond acceptors (Lipinski definition) is 4. The van der Waals surface area contributed by atoms with Crippen LogP contribution in [0.5, 0.6) is 0 Å². The summed E-state index contributed by atoms with van der Waals surface area (Å²) < 4.78 is 0. The number of rotatable bonds is 2. The highest BCUT2D eigenvalue weighted by Crippen LogP contribution is 2.22. The summed E-state index contributed by atoms with van der Waals surface area (Å²) in [5.74, 6) is -1.03. The van der Waals surface area contributed by atoms with Crippen LogP contribution in [0.4, 0.5) is 11.4 Å². The molecule has 2 aromatic rings. The summed E-state index contributed by atoms with van der Waals surface area (Å²) in [4.78, 5) is 24.2. The third kappa shape index (κ3) is 5.03. The van der Waals surface area contributed by atoms with Crippen LogP contribution in [-0.4, -0.2) is 35.0 Å². The quantitative estimate of drug-likeness (QED) is 0.670. The van der Waals surface area contributed by atoms with Crippen molar-refractivity contribution in [1.29, 1.82) is 0 Å². The van der Waals surface area contributed by atoms with E-state index >= 15 is 0 Å². The van der Waals surface area contributed by atoms with Gasteiger partial charge in [-0.25, -0.2) is 4.79 Å². The van der Waals surface area contributed by atoms with Crippen molar-refractivity contribution in [2.45, 2.75) is 12.8 Å². The van der Waals surface area contributed by atoms with E-state index in [0.717, 1.165) is 25.9 Å². The third-order valence-corrected chi connectivity index (χ3v) is 4.47. The Morgan fingerprint density at radius 1 is 0.885 bits per heavy atom. The van der Waals surface area contributed by atoms with Crippen molar-refractivity contribution in [3.05, 3.63) is 57.6 Å². The number of amides is 1. The number of carbonyl (C=O) groups excluding carboxylic acids is 1. The Hall–Kier alpha value is -2.44. The molecule has 0 aliphatic carbocycles. The fourth-order valence-electron chi connectivity index (χ4n) is 2.50. The van der Waals surface area contributed by atoms with Gasteiger partial charge >= 0.3 is 5.97 Å². The van der Waals surface area contributed by atoms with Crippen LogP contribution < -0.4 is 11.5 Å². The van der Waals surface area contributed by atoms with Crippen molar-refractivity contribution in [2.75, 3.05) is 24.6 Å². The van der Waals surface area contributed by atoms with Crippen LogP contribution in [0.2, 0.25) is 10.0 Å². The third-order valence-electron chi connectivity index (χ3n) is 3.84. The molecule has 26 heavy (non-hydrogen) atoms. The number of carboxylic acid groups (broad SMARTS) is 1. The number of nitrogen functional groups attached to an aromatic ring is 2. The van der Waals surface area contributed by atoms with E-state index in [1.54, 1.807) is 18.2 Å². The molecule has 1 heterocycles. The van der Waals surface area contributed by atoms with Gasteiger partial charge in [-0.15, -0.1) is 0 Å². The number of benzene rings is 2. The van der Waals surface area contributed by atoms with Gasteiger partial charge in [-0.2, -0.15) is 0 Å². The number of carboxylic acids is 1.